The molecule has 0 aromatic heterocycles. The molecule has 0 fully saturated rings. The monoisotopic (exact) mass is 431 g/mol. The topological polar surface area (TPSA) is 21.3 Å². The van der Waals surface area contributed by atoms with Gasteiger partial charge in [-0.1, -0.05) is 56.5 Å². The van der Waals surface area contributed by atoms with E-state index in [9.17, 15) is 0 Å². The van der Waals surface area contributed by atoms with Crippen LogP contribution in [0.4, 0.5) is 0 Å². The standard InChI is InChI=1S/C16H16Br2ClNO/c1-2-7-20-10-11-3-5-13(9-14(11)18)21-16-6-4-12(17)8-15(16)19/h3-6,8-9,20H,2,7,10H2,1H3. The molecule has 0 atom stereocenters. The van der Waals surface area contributed by atoms with E-state index in [0.717, 1.165) is 34.2 Å². The fraction of sp³-hybridized carbons (Fsp3) is 0.250. The molecule has 0 spiro atoms. The summed E-state index contributed by atoms with van der Waals surface area (Å²) >= 11 is 13.1. The van der Waals surface area contributed by atoms with E-state index in [1.807, 2.05) is 30.3 Å². The molecule has 0 saturated heterocycles. The second-order valence-corrected chi connectivity index (χ2v) is 6.78. The van der Waals surface area contributed by atoms with Gasteiger partial charge >= 0.3 is 0 Å². The highest BCUT2D eigenvalue weighted by atomic mass is 79.9. The molecule has 0 bridgehead atoms. The van der Waals surface area contributed by atoms with Crippen molar-refractivity contribution >= 4 is 43.5 Å². The Balaban J connectivity index is 2.09. The lowest BCUT2D eigenvalue weighted by atomic mass is 10.2. The second-order valence-electron chi connectivity index (χ2n) is 4.61. The summed E-state index contributed by atoms with van der Waals surface area (Å²) in [5.74, 6) is 1.40. The normalized spacial score (nSPS) is 10.7. The molecule has 0 amide bonds. The van der Waals surface area contributed by atoms with Crippen LogP contribution in [0.1, 0.15) is 18.9 Å². The number of ether oxygens (including phenoxy) is 1. The Bertz CT molecular complexity index is 619. The maximum absolute atomic E-state index is 6.16. The Labute approximate surface area is 147 Å². The van der Waals surface area contributed by atoms with Crippen LogP contribution >= 0.6 is 43.5 Å². The molecule has 0 unspecified atom stereocenters. The van der Waals surface area contributed by atoms with Crippen molar-refractivity contribution in [2.24, 2.45) is 0 Å². The minimum absolute atomic E-state index is 0.578. The van der Waals surface area contributed by atoms with Crippen LogP contribution in [0, 0.1) is 0 Å². The van der Waals surface area contributed by atoms with Crippen molar-refractivity contribution in [3.63, 3.8) is 0 Å². The first-order valence-electron chi connectivity index (χ1n) is 6.72. The lowest BCUT2D eigenvalue weighted by Gasteiger charge is -2.11. The summed E-state index contributed by atoms with van der Waals surface area (Å²) in [5, 5.41) is 3.96. The van der Waals surface area contributed by atoms with Crippen molar-refractivity contribution in [1.82, 2.24) is 5.32 Å². The smallest absolute Gasteiger partial charge is 0.146 e. The first-order valence-corrected chi connectivity index (χ1v) is 8.68. The molecule has 0 heterocycles. The Morgan fingerprint density at radius 2 is 1.95 bits per heavy atom. The Kier molecular flexibility index (Phi) is 6.55. The van der Waals surface area contributed by atoms with E-state index in [4.69, 9.17) is 16.3 Å². The summed E-state index contributed by atoms with van der Waals surface area (Å²) < 4.78 is 7.78. The van der Waals surface area contributed by atoms with Gasteiger partial charge in [-0.15, -0.1) is 0 Å². The van der Waals surface area contributed by atoms with Crippen molar-refractivity contribution in [2.75, 3.05) is 6.54 Å². The molecule has 0 saturated carbocycles. The molecule has 0 aliphatic rings. The number of benzene rings is 2. The minimum atomic E-state index is 0.578. The van der Waals surface area contributed by atoms with Gasteiger partial charge in [-0.05, 0) is 48.9 Å². The van der Waals surface area contributed by atoms with Gasteiger partial charge in [-0.3, -0.25) is 0 Å². The van der Waals surface area contributed by atoms with Crippen molar-refractivity contribution in [3.8, 4) is 11.5 Å². The summed E-state index contributed by atoms with van der Waals surface area (Å²) in [6.45, 7) is 4.01. The number of nitrogens with one attached hydrogen (secondary N) is 1. The van der Waals surface area contributed by atoms with Crippen molar-refractivity contribution in [1.29, 1.82) is 0 Å². The van der Waals surface area contributed by atoms with Gasteiger partial charge in [0.05, 0.1) is 5.02 Å². The summed E-state index contributed by atoms with van der Waals surface area (Å²) in [5.41, 5.74) is 1.21. The predicted octanol–water partition coefficient (Wildman–Crippen LogP) is 6.16. The third kappa shape index (κ3) is 4.99. The van der Waals surface area contributed by atoms with Crippen LogP contribution in [0.15, 0.2) is 45.3 Å². The van der Waals surface area contributed by atoms with Gasteiger partial charge in [0.15, 0.2) is 0 Å². The van der Waals surface area contributed by atoms with Crippen molar-refractivity contribution < 1.29 is 4.74 Å². The van der Waals surface area contributed by atoms with Crippen LogP contribution in [-0.2, 0) is 6.54 Å². The molecule has 2 aromatic carbocycles. The first-order chi connectivity index (χ1) is 10.1. The molecule has 5 heteroatoms. The van der Waals surface area contributed by atoms with E-state index in [1.165, 1.54) is 5.56 Å². The highest BCUT2D eigenvalue weighted by Crippen LogP contribution is 2.33. The largest absolute Gasteiger partial charge is 0.456 e. The van der Waals surface area contributed by atoms with E-state index in [1.54, 1.807) is 0 Å². The summed E-state index contributed by atoms with van der Waals surface area (Å²) in [4.78, 5) is 0. The molecule has 0 aliphatic carbocycles. The zero-order valence-electron chi connectivity index (χ0n) is 11.6. The molecule has 0 aliphatic heterocycles. The van der Waals surface area contributed by atoms with Crippen molar-refractivity contribution in [3.05, 3.63) is 55.9 Å². The van der Waals surface area contributed by atoms with Crippen LogP contribution in [0.3, 0.4) is 0 Å². The molecule has 0 radical (unpaired) electrons. The molecule has 2 aromatic rings. The van der Waals surface area contributed by atoms with Crippen molar-refractivity contribution in [2.45, 2.75) is 19.9 Å². The van der Waals surface area contributed by atoms with E-state index in [-0.39, 0.29) is 0 Å². The zero-order valence-corrected chi connectivity index (χ0v) is 15.6. The minimum Gasteiger partial charge on any atom is -0.456 e. The summed E-state index contributed by atoms with van der Waals surface area (Å²) in [6.07, 6.45) is 1.13. The average Bonchev–Trinajstić information content (AvgIpc) is 2.44. The summed E-state index contributed by atoms with van der Waals surface area (Å²) in [7, 11) is 0. The zero-order chi connectivity index (χ0) is 15.2. The third-order valence-electron chi connectivity index (χ3n) is 2.89. The van der Waals surface area contributed by atoms with Crippen LogP contribution in [0.25, 0.3) is 0 Å². The SMILES string of the molecule is CCCNCc1ccc(Oc2ccc(Br)cc2Cl)cc1Br. The molecule has 112 valence electrons. The van der Waals surface area contributed by atoms with Crippen LogP contribution in [0.5, 0.6) is 11.5 Å². The average molecular weight is 434 g/mol. The lowest BCUT2D eigenvalue weighted by molar-refractivity contribution is 0.482. The molecular weight excluding hydrogens is 417 g/mol. The number of hydrogen-bond donors (Lipinski definition) is 1. The third-order valence-corrected chi connectivity index (χ3v) is 4.42. The van der Waals surface area contributed by atoms with Gasteiger partial charge < -0.3 is 10.1 Å². The quantitative estimate of drug-likeness (QED) is 0.551. The number of halogens is 3. The fourth-order valence-corrected chi connectivity index (χ4v) is 3.03. The molecule has 2 nitrogen and oxygen atoms in total. The predicted molar refractivity (Wildman–Crippen MR) is 95.4 cm³/mol. The van der Waals surface area contributed by atoms with Crippen LogP contribution in [0.2, 0.25) is 5.02 Å². The van der Waals surface area contributed by atoms with Gasteiger partial charge in [-0.25, -0.2) is 0 Å². The molecule has 1 N–H and O–H groups in total. The summed E-state index contributed by atoms with van der Waals surface area (Å²) in [6, 6.07) is 11.5. The molecule has 21 heavy (non-hydrogen) atoms. The van der Waals surface area contributed by atoms with Gasteiger partial charge in [0.2, 0.25) is 0 Å². The maximum atomic E-state index is 6.16. The first kappa shape index (κ1) is 16.8. The highest BCUT2D eigenvalue weighted by Gasteiger charge is 2.06. The van der Waals surface area contributed by atoms with E-state index in [2.05, 4.69) is 50.2 Å². The van der Waals surface area contributed by atoms with Gasteiger partial charge in [0.1, 0.15) is 11.5 Å². The molecular formula is C16H16Br2ClNO. The second kappa shape index (κ2) is 8.18. The molecule has 2 rings (SSSR count). The van der Waals surface area contributed by atoms with E-state index < -0.39 is 0 Å². The van der Waals surface area contributed by atoms with E-state index >= 15 is 0 Å². The van der Waals surface area contributed by atoms with E-state index in [0.29, 0.717) is 10.8 Å². The van der Waals surface area contributed by atoms with Gasteiger partial charge in [-0.2, -0.15) is 0 Å². The Morgan fingerprint density at radius 3 is 2.62 bits per heavy atom. The van der Waals surface area contributed by atoms with Crippen LogP contribution in [-0.4, -0.2) is 6.54 Å². The Hall–Kier alpha value is -0.550. The van der Waals surface area contributed by atoms with Crippen LogP contribution < -0.4 is 10.1 Å². The van der Waals surface area contributed by atoms with Gasteiger partial charge in [0, 0.05) is 15.5 Å². The number of hydrogen-bond acceptors (Lipinski definition) is 2. The number of rotatable bonds is 6. The Morgan fingerprint density at radius 1 is 1.14 bits per heavy atom. The maximum Gasteiger partial charge on any atom is 0.146 e. The van der Waals surface area contributed by atoms with Gasteiger partial charge in [0.25, 0.3) is 0 Å². The lowest BCUT2D eigenvalue weighted by Crippen LogP contribution is -2.14. The fourth-order valence-electron chi connectivity index (χ4n) is 1.82. The highest BCUT2D eigenvalue weighted by molar-refractivity contribution is 9.10.